The van der Waals surface area contributed by atoms with Crippen LogP contribution in [0.15, 0.2) is 11.6 Å². The molecule has 0 aliphatic carbocycles. The van der Waals surface area contributed by atoms with Crippen molar-refractivity contribution in [3.05, 3.63) is 16.6 Å². The molecular weight excluding hydrogens is 246 g/mol. The molecule has 1 aromatic heterocycles. The number of nitrogens with zero attached hydrogens (tertiary/aromatic N) is 1. The Bertz CT molecular complexity index is 387. The van der Waals surface area contributed by atoms with Crippen LogP contribution in [0.5, 0.6) is 0 Å². The van der Waals surface area contributed by atoms with Gasteiger partial charge in [0.05, 0.1) is 5.54 Å². The Morgan fingerprint density at radius 2 is 2.33 bits per heavy atom. The fourth-order valence-electron chi connectivity index (χ4n) is 2.25. The van der Waals surface area contributed by atoms with Gasteiger partial charge in [0.2, 0.25) is 5.91 Å². The maximum atomic E-state index is 12.3. The van der Waals surface area contributed by atoms with E-state index in [1.54, 1.807) is 17.5 Å². The second-order valence-electron chi connectivity index (χ2n) is 5.04. The summed E-state index contributed by atoms with van der Waals surface area (Å²) in [6, 6.07) is 0. The predicted octanol–water partition coefficient (Wildman–Crippen LogP) is 1.88. The zero-order chi connectivity index (χ0) is 13.0. The van der Waals surface area contributed by atoms with E-state index in [9.17, 15) is 4.79 Å². The second-order valence-corrected chi connectivity index (χ2v) is 5.93. The minimum Gasteiger partial charge on any atom is -0.344 e. The molecule has 0 bridgehead atoms. The summed E-state index contributed by atoms with van der Waals surface area (Å²) in [5, 5.41) is 9.43. The highest BCUT2D eigenvalue weighted by molar-refractivity contribution is 7.09. The third kappa shape index (κ3) is 2.90. The number of carbonyl (C=O) groups excluding carboxylic acids is 1. The lowest BCUT2D eigenvalue weighted by Crippen LogP contribution is -2.47. The molecule has 5 heteroatoms. The van der Waals surface area contributed by atoms with Crippen molar-refractivity contribution in [1.82, 2.24) is 15.6 Å². The van der Waals surface area contributed by atoms with Gasteiger partial charge >= 0.3 is 0 Å². The monoisotopic (exact) mass is 267 g/mol. The van der Waals surface area contributed by atoms with E-state index >= 15 is 0 Å². The number of hydrogen-bond acceptors (Lipinski definition) is 4. The highest BCUT2D eigenvalue weighted by atomic mass is 32.1. The van der Waals surface area contributed by atoms with E-state index in [2.05, 4.69) is 29.5 Å². The Kier molecular flexibility index (Phi) is 4.35. The summed E-state index contributed by atoms with van der Waals surface area (Å²) < 4.78 is 0. The molecule has 2 rings (SSSR count). The summed E-state index contributed by atoms with van der Waals surface area (Å²) >= 11 is 1.60. The van der Waals surface area contributed by atoms with Crippen LogP contribution in [0.2, 0.25) is 0 Å². The molecule has 1 saturated heterocycles. The lowest BCUT2D eigenvalue weighted by atomic mass is 9.93. The number of nitrogens with one attached hydrogen (secondary N) is 2. The molecule has 4 nitrogen and oxygen atoms in total. The van der Waals surface area contributed by atoms with Gasteiger partial charge in [-0.15, -0.1) is 11.3 Å². The van der Waals surface area contributed by atoms with Crippen LogP contribution < -0.4 is 10.6 Å². The number of rotatable bonds is 4. The van der Waals surface area contributed by atoms with Crippen LogP contribution in [0.25, 0.3) is 0 Å². The number of amides is 1. The first-order valence-corrected chi connectivity index (χ1v) is 7.46. The molecule has 0 aromatic carbocycles. The molecule has 1 aliphatic heterocycles. The number of piperidine rings is 1. The summed E-state index contributed by atoms with van der Waals surface area (Å²) in [6.45, 7) is 6.03. The van der Waals surface area contributed by atoms with Crippen molar-refractivity contribution in [2.45, 2.75) is 38.6 Å². The van der Waals surface area contributed by atoms with Crippen molar-refractivity contribution in [2.24, 2.45) is 5.92 Å². The molecule has 2 N–H and O–H groups in total. The second kappa shape index (κ2) is 5.80. The Labute approximate surface area is 112 Å². The van der Waals surface area contributed by atoms with Gasteiger partial charge in [0.1, 0.15) is 5.01 Å². The molecule has 18 heavy (non-hydrogen) atoms. The molecule has 1 aromatic rings. The van der Waals surface area contributed by atoms with Crippen molar-refractivity contribution < 1.29 is 4.79 Å². The van der Waals surface area contributed by atoms with Crippen LogP contribution in [-0.2, 0) is 10.3 Å². The van der Waals surface area contributed by atoms with Crippen LogP contribution in [0.1, 0.15) is 38.1 Å². The highest BCUT2D eigenvalue weighted by Crippen LogP contribution is 2.27. The van der Waals surface area contributed by atoms with Crippen LogP contribution in [0.4, 0.5) is 0 Å². The van der Waals surface area contributed by atoms with Crippen molar-refractivity contribution in [3.8, 4) is 0 Å². The van der Waals surface area contributed by atoms with Crippen molar-refractivity contribution in [3.63, 3.8) is 0 Å². The maximum Gasteiger partial charge on any atom is 0.223 e. The first-order valence-electron chi connectivity index (χ1n) is 6.58. The molecule has 1 aliphatic rings. The largest absolute Gasteiger partial charge is 0.344 e. The van der Waals surface area contributed by atoms with Crippen molar-refractivity contribution in [2.75, 3.05) is 13.1 Å². The van der Waals surface area contributed by atoms with E-state index in [4.69, 9.17) is 0 Å². The van der Waals surface area contributed by atoms with E-state index in [0.29, 0.717) is 0 Å². The summed E-state index contributed by atoms with van der Waals surface area (Å²) in [4.78, 5) is 16.7. The van der Waals surface area contributed by atoms with Gasteiger partial charge in [-0.3, -0.25) is 4.79 Å². The van der Waals surface area contributed by atoms with Gasteiger partial charge in [0.25, 0.3) is 0 Å². The van der Waals surface area contributed by atoms with Crippen LogP contribution in [-0.4, -0.2) is 24.0 Å². The zero-order valence-electron chi connectivity index (χ0n) is 11.0. The van der Waals surface area contributed by atoms with Gasteiger partial charge in [0, 0.05) is 17.5 Å². The predicted molar refractivity (Wildman–Crippen MR) is 73.5 cm³/mol. The summed E-state index contributed by atoms with van der Waals surface area (Å²) in [5.74, 6) is 0.327. The third-order valence-electron chi connectivity index (χ3n) is 3.72. The smallest absolute Gasteiger partial charge is 0.223 e. The Balaban J connectivity index is 2.03. The number of aromatic nitrogens is 1. The summed E-state index contributed by atoms with van der Waals surface area (Å²) in [7, 11) is 0. The quantitative estimate of drug-likeness (QED) is 0.876. The Hall–Kier alpha value is -0.940. The SMILES string of the molecule is CCC(C)(NC(=O)C1CCNCC1)c1nccs1. The molecule has 0 radical (unpaired) electrons. The summed E-state index contributed by atoms with van der Waals surface area (Å²) in [5.41, 5.74) is -0.323. The van der Waals surface area contributed by atoms with Gasteiger partial charge in [-0.25, -0.2) is 4.98 Å². The van der Waals surface area contributed by atoms with Crippen LogP contribution in [0.3, 0.4) is 0 Å². The van der Waals surface area contributed by atoms with E-state index in [0.717, 1.165) is 37.4 Å². The fraction of sp³-hybridized carbons (Fsp3) is 0.692. The highest BCUT2D eigenvalue weighted by Gasteiger charge is 2.32. The molecule has 100 valence electrons. The average molecular weight is 267 g/mol. The van der Waals surface area contributed by atoms with Crippen LogP contribution in [0, 0.1) is 5.92 Å². The van der Waals surface area contributed by atoms with Crippen molar-refractivity contribution >= 4 is 17.2 Å². The van der Waals surface area contributed by atoms with Gasteiger partial charge in [-0.2, -0.15) is 0 Å². The lowest BCUT2D eigenvalue weighted by molar-refractivity contribution is -0.127. The van der Waals surface area contributed by atoms with Gasteiger partial charge in [-0.05, 0) is 39.3 Å². The molecule has 0 spiro atoms. The fourth-order valence-corrected chi connectivity index (χ4v) is 3.07. The standard InChI is InChI=1S/C13H21N3OS/c1-3-13(2,12-15-8-9-18-12)16-11(17)10-4-6-14-7-5-10/h8-10,14H,3-7H2,1-2H3,(H,16,17). The van der Waals surface area contributed by atoms with E-state index in [1.165, 1.54) is 0 Å². The zero-order valence-corrected chi connectivity index (χ0v) is 11.8. The minimum absolute atomic E-state index is 0.150. The third-order valence-corrected chi connectivity index (χ3v) is 4.76. The van der Waals surface area contributed by atoms with Gasteiger partial charge in [-0.1, -0.05) is 6.92 Å². The van der Waals surface area contributed by atoms with Gasteiger partial charge in [0.15, 0.2) is 0 Å². The molecule has 1 atom stereocenters. The number of hydrogen-bond donors (Lipinski definition) is 2. The number of carbonyl (C=O) groups is 1. The molecule has 1 unspecified atom stereocenters. The van der Waals surface area contributed by atoms with Crippen molar-refractivity contribution in [1.29, 1.82) is 0 Å². The van der Waals surface area contributed by atoms with E-state index in [1.807, 2.05) is 5.38 Å². The molecule has 0 saturated carbocycles. The normalized spacial score (nSPS) is 20.3. The first kappa shape index (κ1) is 13.5. The molecular formula is C13H21N3OS. The minimum atomic E-state index is -0.323. The average Bonchev–Trinajstić information content (AvgIpc) is 2.94. The molecule has 1 fully saturated rings. The Morgan fingerprint density at radius 1 is 1.61 bits per heavy atom. The van der Waals surface area contributed by atoms with Gasteiger partial charge < -0.3 is 10.6 Å². The lowest BCUT2D eigenvalue weighted by Gasteiger charge is -2.31. The van der Waals surface area contributed by atoms with E-state index in [-0.39, 0.29) is 17.4 Å². The number of thiazole rings is 1. The summed E-state index contributed by atoms with van der Waals surface area (Å²) in [6.07, 6.45) is 4.52. The van der Waals surface area contributed by atoms with E-state index < -0.39 is 0 Å². The van der Waals surface area contributed by atoms with Crippen LogP contribution >= 0.6 is 11.3 Å². The molecule has 1 amide bonds. The topological polar surface area (TPSA) is 54.0 Å². The Morgan fingerprint density at radius 3 is 2.89 bits per heavy atom. The maximum absolute atomic E-state index is 12.3. The first-order chi connectivity index (χ1) is 8.65. The molecule has 2 heterocycles.